The van der Waals surface area contributed by atoms with Crippen LogP contribution in [0.15, 0.2) is 83.3 Å². The molecule has 2 bridgehead atoms. The highest BCUT2D eigenvalue weighted by molar-refractivity contribution is 7.00. The van der Waals surface area contributed by atoms with Crippen molar-refractivity contribution in [3.63, 3.8) is 0 Å². The van der Waals surface area contributed by atoms with Crippen molar-refractivity contribution in [3.8, 4) is 0 Å². The third-order valence-corrected chi connectivity index (χ3v) is 19.5. The first kappa shape index (κ1) is 44.5. The molecule has 1 fully saturated rings. The highest BCUT2D eigenvalue weighted by atomic mass is 16.3. The van der Waals surface area contributed by atoms with E-state index in [-0.39, 0.29) is 50.0 Å². The van der Waals surface area contributed by atoms with E-state index in [2.05, 4.69) is 199 Å². The van der Waals surface area contributed by atoms with Crippen molar-refractivity contribution in [1.29, 1.82) is 0 Å². The molecule has 7 aliphatic rings. The summed E-state index contributed by atoms with van der Waals surface area (Å²) in [5.41, 5.74) is 24.7. The van der Waals surface area contributed by atoms with E-state index < -0.39 is 0 Å². The molecule has 13 rings (SSSR count). The lowest BCUT2D eigenvalue weighted by atomic mass is 9.35. The summed E-state index contributed by atoms with van der Waals surface area (Å²) >= 11 is 0. The molecule has 0 spiro atoms. The Morgan fingerprint density at radius 2 is 0.926 bits per heavy atom. The van der Waals surface area contributed by atoms with Crippen LogP contribution in [0.25, 0.3) is 11.0 Å². The summed E-state index contributed by atoms with van der Waals surface area (Å²) in [7, 11) is 0. The van der Waals surface area contributed by atoms with Gasteiger partial charge < -0.3 is 14.2 Å². The summed E-state index contributed by atoms with van der Waals surface area (Å²) in [4.78, 5) is 5.35. The molecule has 0 unspecified atom stereocenters. The molecular weight excluding hydrogens is 824 g/mol. The monoisotopic (exact) mass is 901 g/mol. The fourth-order valence-corrected chi connectivity index (χ4v) is 14.3. The number of rotatable bonds is 2. The molecule has 3 nitrogen and oxygen atoms in total. The zero-order chi connectivity index (χ0) is 48.3. The largest absolute Gasteiger partial charge is 0.468 e. The van der Waals surface area contributed by atoms with Gasteiger partial charge in [-0.25, -0.2) is 0 Å². The van der Waals surface area contributed by atoms with Gasteiger partial charge in [-0.3, -0.25) is 0 Å². The maximum atomic E-state index is 7.72. The van der Waals surface area contributed by atoms with Crippen LogP contribution in [0.4, 0.5) is 34.1 Å². The number of hydrogen-bond acceptors (Lipinski definition) is 3. The van der Waals surface area contributed by atoms with E-state index in [9.17, 15) is 0 Å². The number of furan rings is 1. The van der Waals surface area contributed by atoms with Crippen molar-refractivity contribution in [1.82, 2.24) is 0 Å². The minimum Gasteiger partial charge on any atom is -0.468 e. The third-order valence-electron chi connectivity index (χ3n) is 19.5. The molecule has 0 radical (unpaired) electrons. The van der Waals surface area contributed by atoms with Gasteiger partial charge in [-0.15, -0.1) is 0 Å². The summed E-state index contributed by atoms with van der Waals surface area (Å²) in [5.74, 6) is 0. The molecule has 5 aromatic carbocycles. The second kappa shape index (κ2) is 13.6. The second-order valence-electron chi connectivity index (χ2n) is 28.1. The van der Waals surface area contributed by atoms with Crippen molar-refractivity contribution in [2.75, 3.05) is 9.80 Å². The van der Waals surface area contributed by atoms with E-state index in [0.29, 0.717) is 0 Å². The lowest BCUT2D eigenvalue weighted by molar-refractivity contribution is 0.188. The quantitative estimate of drug-likeness (QED) is 0.161. The van der Waals surface area contributed by atoms with Crippen LogP contribution in [0.2, 0.25) is 0 Å². The van der Waals surface area contributed by atoms with Crippen molar-refractivity contribution < 1.29 is 4.42 Å². The summed E-state index contributed by atoms with van der Waals surface area (Å²) in [6, 6.07) is 32.7. The average Bonchev–Trinajstić information content (AvgIpc) is 3.64. The molecule has 4 heteroatoms. The van der Waals surface area contributed by atoms with Crippen LogP contribution in [0.1, 0.15) is 207 Å². The van der Waals surface area contributed by atoms with Gasteiger partial charge in [0.05, 0.1) is 11.3 Å². The molecule has 2 aliphatic heterocycles. The number of nitrogens with zero attached hydrogens (tertiary/aromatic N) is 2. The molecule has 0 N–H and O–H groups in total. The van der Waals surface area contributed by atoms with Gasteiger partial charge in [0, 0.05) is 33.8 Å². The van der Waals surface area contributed by atoms with Crippen LogP contribution >= 0.6 is 0 Å². The first-order valence-electron chi connectivity index (χ1n) is 26.5. The first-order chi connectivity index (χ1) is 31.6. The van der Waals surface area contributed by atoms with Gasteiger partial charge in [0.2, 0.25) is 0 Å². The minimum absolute atomic E-state index is 0.0403. The van der Waals surface area contributed by atoms with Gasteiger partial charge in [0.1, 0.15) is 5.58 Å². The third kappa shape index (κ3) is 6.16. The van der Waals surface area contributed by atoms with Crippen LogP contribution in [0, 0.1) is 0 Å². The van der Waals surface area contributed by atoms with E-state index in [1.807, 2.05) is 0 Å². The van der Waals surface area contributed by atoms with Crippen molar-refractivity contribution in [2.45, 2.75) is 205 Å². The Kier molecular flexibility index (Phi) is 8.89. The van der Waals surface area contributed by atoms with E-state index in [1.54, 1.807) is 5.56 Å². The summed E-state index contributed by atoms with van der Waals surface area (Å²) in [6.45, 7) is 39.0. The van der Waals surface area contributed by atoms with Gasteiger partial charge in [-0.1, -0.05) is 135 Å². The topological polar surface area (TPSA) is 19.6 Å². The predicted octanol–water partition coefficient (Wildman–Crippen LogP) is 15.9. The predicted molar refractivity (Wildman–Crippen MR) is 291 cm³/mol. The van der Waals surface area contributed by atoms with Gasteiger partial charge in [0.25, 0.3) is 6.71 Å². The molecule has 68 heavy (non-hydrogen) atoms. The standard InChI is InChI=1S/C64H77BN2O/c1-57(2,3)38-17-19-40(20-18-38)67-52-32-39(58(4,5)6)31-51-54(52)65(56-55(67)42-34-47-48(37-53(42)68-56)64(16)29-27-63(47,15)28-30-64)49-35-45-46(62(13,14)26-25-61(45,11)12)36-50(49)66(51)41-21-22-43-44(33-41)60(9,10)24-23-59(43,7)8/h17-22,31-37H,23-30H2,1-16H3. The maximum Gasteiger partial charge on any atom is 0.297 e. The summed E-state index contributed by atoms with van der Waals surface area (Å²) in [6.07, 6.45) is 9.73. The van der Waals surface area contributed by atoms with Gasteiger partial charge in [0.15, 0.2) is 0 Å². The minimum atomic E-state index is -0.112. The zero-order valence-electron chi connectivity index (χ0n) is 44.5. The highest BCUT2D eigenvalue weighted by Crippen LogP contribution is 2.59. The van der Waals surface area contributed by atoms with Crippen LogP contribution in [0.3, 0.4) is 0 Å². The van der Waals surface area contributed by atoms with Crippen LogP contribution in [-0.2, 0) is 43.3 Å². The molecule has 5 aliphatic carbocycles. The van der Waals surface area contributed by atoms with Crippen LogP contribution in [-0.4, -0.2) is 6.71 Å². The lowest BCUT2D eigenvalue weighted by Crippen LogP contribution is -2.61. The average molecular weight is 901 g/mol. The van der Waals surface area contributed by atoms with Gasteiger partial charge >= 0.3 is 0 Å². The molecule has 0 saturated heterocycles. The number of anilines is 6. The normalized spacial score (nSPS) is 24.5. The Morgan fingerprint density at radius 3 is 1.49 bits per heavy atom. The summed E-state index contributed by atoms with van der Waals surface area (Å²) < 4.78 is 7.72. The molecule has 6 aromatic rings. The smallest absolute Gasteiger partial charge is 0.297 e. The van der Waals surface area contributed by atoms with E-state index >= 15 is 0 Å². The first-order valence-corrected chi connectivity index (χ1v) is 26.5. The Morgan fingerprint density at radius 1 is 0.441 bits per heavy atom. The molecule has 352 valence electrons. The SMILES string of the molecule is CC(C)(C)c1ccc(N2c3cc(C(C)(C)C)cc4c3B(c3cc5c(cc3N4c3ccc4c(c3)C(C)(C)CCC4(C)C)C(C)(C)CCC5(C)C)c3oc4cc5c(cc4c32)C2(C)CCC5(C)CC2)cc1. The van der Waals surface area contributed by atoms with E-state index in [4.69, 9.17) is 4.42 Å². The Bertz CT molecular complexity index is 3130. The molecule has 1 saturated carbocycles. The van der Waals surface area contributed by atoms with Crippen molar-refractivity contribution >= 4 is 68.4 Å². The fourth-order valence-electron chi connectivity index (χ4n) is 14.3. The molecule has 0 amide bonds. The molecular formula is C64H77BN2O. The molecule has 1 aromatic heterocycles. The van der Waals surface area contributed by atoms with Crippen LogP contribution in [0.5, 0.6) is 0 Å². The van der Waals surface area contributed by atoms with Crippen molar-refractivity contribution in [2.24, 2.45) is 0 Å². The number of benzene rings is 5. The fraction of sp³-hybridized carbons (Fsp3) is 0.500. The van der Waals surface area contributed by atoms with Gasteiger partial charge in [-0.2, -0.15) is 0 Å². The Balaban J connectivity index is 1.23. The van der Waals surface area contributed by atoms with Gasteiger partial charge in [-0.05, 0) is 205 Å². The maximum absolute atomic E-state index is 7.72. The van der Waals surface area contributed by atoms with Crippen LogP contribution < -0.4 is 26.4 Å². The number of hydrogen-bond donors (Lipinski definition) is 0. The number of fused-ring (bicyclic) bond motifs is 10. The second-order valence-corrected chi connectivity index (χ2v) is 28.1. The Hall–Kier alpha value is -4.70. The highest BCUT2D eigenvalue weighted by Gasteiger charge is 2.52. The van der Waals surface area contributed by atoms with E-state index in [1.165, 1.54) is 141 Å². The zero-order valence-corrected chi connectivity index (χ0v) is 44.5. The lowest BCUT2D eigenvalue weighted by Gasteiger charge is -2.52. The molecule has 3 heterocycles. The van der Waals surface area contributed by atoms with Crippen molar-refractivity contribution in [3.05, 3.63) is 123 Å². The Labute approximate surface area is 409 Å². The molecule has 0 atom stereocenters. The summed E-state index contributed by atoms with van der Waals surface area (Å²) in [5, 5.41) is 1.26. The van der Waals surface area contributed by atoms with E-state index in [0.717, 1.165) is 11.2 Å².